The molecule has 2 aromatic carbocycles. The standard InChI is InChI=1S/C19H14Cl2N4O4S2/c1-10-17(26)24(18(30-10)12-4-2-3-5-14(12)25(27)28)19-23-22-16(31-19)9-29-15-7-6-11(20)8-13(15)21/h2-8,10,18H,9H2,1H3. The summed E-state index contributed by atoms with van der Waals surface area (Å²) < 4.78 is 5.68. The summed E-state index contributed by atoms with van der Waals surface area (Å²) in [5, 5.41) is 20.5. The minimum Gasteiger partial charge on any atom is -0.485 e. The molecule has 160 valence electrons. The van der Waals surface area contributed by atoms with Gasteiger partial charge in [0.1, 0.15) is 17.7 Å². The number of amides is 1. The van der Waals surface area contributed by atoms with E-state index in [1.807, 2.05) is 0 Å². The van der Waals surface area contributed by atoms with Crippen LogP contribution in [-0.2, 0) is 11.4 Å². The van der Waals surface area contributed by atoms with Crippen LogP contribution >= 0.6 is 46.3 Å². The van der Waals surface area contributed by atoms with Gasteiger partial charge in [0.15, 0.2) is 5.01 Å². The van der Waals surface area contributed by atoms with Crippen molar-refractivity contribution in [2.75, 3.05) is 4.90 Å². The molecule has 2 heterocycles. The maximum atomic E-state index is 12.8. The Balaban J connectivity index is 1.58. The molecule has 12 heteroatoms. The second-order valence-corrected chi connectivity index (χ2v) is 9.81. The highest BCUT2D eigenvalue weighted by Crippen LogP contribution is 2.48. The van der Waals surface area contributed by atoms with Gasteiger partial charge in [-0.2, -0.15) is 0 Å². The number of hydrogen-bond donors (Lipinski definition) is 0. The summed E-state index contributed by atoms with van der Waals surface area (Å²) in [4.78, 5) is 25.4. The van der Waals surface area contributed by atoms with Crippen molar-refractivity contribution in [1.82, 2.24) is 10.2 Å². The van der Waals surface area contributed by atoms with Gasteiger partial charge in [-0.3, -0.25) is 19.8 Å². The van der Waals surface area contributed by atoms with Crippen molar-refractivity contribution in [3.63, 3.8) is 0 Å². The normalized spacial score (nSPS) is 18.4. The van der Waals surface area contributed by atoms with Crippen molar-refractivity contribution in [2.45, 2.75) is 24.2 Å². The van der Waals surface area contributed by atoms with Crippen LogP contribution in [0.4, 0.5) is 10.8 Å². The van der Waals surface area contributed by atoms with Gasteiger partial charge in [0.05, 0.1) is 20.8 Å². The number of benzene rings is 2. The lowest BCUT2D eigenvalue weighted by molar-refractivity contribution is -0.385. The van der Waals surface area contributed by atoms with E-state index in [1.54, 1.807) is 43.3 Å². The Hall–Kier alpha value is -2.40. The highest BCUT2D eigenvalue weighted by molar-refractivity contribution is 8.01. The zero-order valence-electron chi connectivity index (χ0n) is 15.9. The van der Waals surface area contributed by atoms with E-state index in [-0.39, 0.29) is 23.5 Å². The predicted octanol–water partition coefficient (Wildman–Crippen LogP) is 5.50. The number of anilines is 1. The number of nitro groups is 1. The number of carbonyl (C=O) groups is 1. The molecule has 1 aromatic heterocycles. The van der Waals surface area contributed by atoms with E-state index >= 15 is 0 Å². The SMILES string of the molecule is CC1SC(c2ccccc2[N+](=O)[O-])N(c2nnc(COc3ccc(Cl)cc3Cl)s2)C1=O. The lowest BCUT2D eigenvalue weighted by Crippen LogP contribution is -2.30. The first-order valence-electron chi connectivity index (χ1n) is 8.97. The summed E-state index contributed by atoms with van der Waals surface area (Å²) in [6, 6.07) is 11.3. The van der Waals surface area contributed by atoms with Crippen LogP contribution in [0.2, 0.25) is 10.0 Å². The van der Waals surface area contributed by atoms with Crippen LogP contribution in [-0.4, -0.2) is 26.3 Å². The van der Waals surface area contributed by atoms with Crippen LogP contribution < -0.4 is 9.64 Å². The molecule has 31 heavy (non-hydrogen) atoms. The monoisotopic (exact) mass is 496 g/mol. The Morgan fingerprint density at radius 3 is 2.74 bits per heavy atom. The molecule has 1 amide bonds. The Bertz CT molecular complexity index is 1160. The summed E-state index contributed by atoms with van der Waals surface area (Å²) in [5.74, 6) is 0.263. The lowest BCUT2D eigenvalue weighted by Gasteiger charge is -2.20. The molecule has 0 aliphatic carbocycles. The smallest absolute Gasteiger partial charge is 0.275 e. The fraction of sp³-hybridized carbons (Fsp3) is 0.211. The number of thioether (sulfide) groups is 1. The fourth-order valence-electron chi connectivity index (χ4n) is 3.03. The summed E-state index contributed by atoms with van der Waals surface area (Å²) in [7, 11) is 0. The van der Waals surface area contributed by atoms with Crippen molar-refractivity contribution < 1.29 is 14.5 Å². The number of nitro benzene ring substituents is 1. The number of para-hydroxylation sites is 1. The average Bonchev–Trinajstić information content (AvgIpc) is 3.31. The summed E-state index contributed by atoms with van der Waals surface area (Å²) >= 11 is 14.5. The van der Waals surface area contributed by atoms with Crippen LogP contribution in [0.25, 0.3) is 0 Å². The Labute approximate surface area is 195 Å². The third-order valence-electron chi connectivity index (χ3n) is 4.46. The van der Waals surface area contributed by atoms with E-state index in [2.05, 4.69) is 10.2 Å². The van der Waals surface area contributed by atoms with Crippen LogP contribution in [0.15, 0.2) is 42.5 Å². The molecule has 2 unspecified atom stereocenters. The molecular weight excluding hydrogens is 483 g/mol. The van der Waals surface area contributed by atoms with Crippen LogP contribution in [0, 0.1) is 10.1 Å². The van der Waals surface area contributed by atoms with Gasteiger partial charge in [-0.1, -0.05) is 46.7 Å². The van der Waals surface area contributed by atoms with E-state index in [4.69, 9.17) is 27.9 Å². The van der Waals surface area contributed by atoms with Crippen LogP contribution in [0.5, 0.6) is 5.75 Å². The molecule has 1 fully saturated rings. The van der Waals surface area contributed by atoms with Gasteiger partial charge in [-0.05, 0) is 31.2 Å². The number of ether oxygens (including phenoxy) is 1. The third kappa shape index (κ3) is 4.47. The van der Waals surface area contributed by atoms with Crippen molar-refractivity contribution in [3.8, 4) is 5.75 Å². The second-order valence-electron chi connectivity index (χ2n) is 6.50. The summed E-state index contributed by atoms with van der Waals surface area (Å²) in [6.45, 7) is 1.86. The van der Waals surface area contributed by atoms with Crippen molar-refractivity contribution in [3.05, 3.63) is 73.2 Å². The zero-order chi connectivity index (χ0) is 22.1. The second kappa shape index (κ2) is 8.99. The van der Waals surface area contributed by atoms with E-state index in [9.17, 15) is 14.9 Å². The van der Waals surface area contributed by atoms with Gasteiger partial charge < -0.3 is 4.74 Å². The van der Waals surface area contributed by atoms with Crippen LogP contribution in [0.3, 0.4) is 0 Å². The molecule has 1 saturated heterocycles. The van der Waals surface area contributed by atoms with Gasteiger partial charge in [-0.15, -0.1) is 22.0 Å². The molecule has 1 aliphatic heterocycles. The number of aromatic nitrogens is 2. The van der Waals surface area contributed by atoms with Gasteiger partial charge in [0.25, 0.3) is 5.69 Å². The topological polar surface area (TPSA) is 98.5 Å². The summed E-state index contributed by atoms with van der Waals surface area (Å²) in [5.41, 5.74) is 0.397. The van der Waals surface area contributed by atoms with E-state index in [0.717, 1.165) is 0 Å². The molecule has 8 nitrogen and oxygen atoms in total. The van der Waals surface area contributed by atoms with Crippen molar-refractivity contribution in [2.24, 2.45) is 0 Å². The minimum atomic E-state index is -0.573. The van der Waals surface area contributed by atoms with E-state index in [1.165, 1.54) is 34.1 Å². The first kappa shape index (κ1) is 21.8. The maximum Gasteiger partial charge on any atom is 0.275 e. The number of carbonyl (C=O) groups excluding carboxylic acids is 1. The molecule has 0 saturated carbocycles. The first-order chi connectivity index (χ1) is 14.8. The van der Waals surface area contributed by atoms with E-state index in [0.29, 0.717) is 31.5 Å². The first-order valence-corrected chi connectivity index (χ1v) is 11.5. The summed E-state index contributed by atoms with van der Waals surface area (Å²) in [6.07, 6.45) is 0. The molecular formula is C19H14Cl2N4O4S2. The van der Waals surface area contributed by atoms with Gasteiger partial charge in [0, 0.05) is 11.1 Å². The lowest BCUT2D eigenvalue weighted by atomic mass is 10.1. The van der Waals surface area contributed by atoms with Gasteiger partial charge in [0.2, 0.25) is 11.0 Å². The fourth-order valence-corrected chi connectivity index (χ4v) is 5.63. The minimum absolute atomic E-state index is 0.0441. The molecule has 0 spiro atoms. The zero-order valence-corrected chi connectivity index (χ0v) is 19.0. The molecule has 0 radical (unpaired) electrons. The maximum absolute atomic E-state index is 12.8. The number of hydrogen-bond acceptors (Lipinski definition) is 8. The van der Waals surface area contributed by atoms with Crippen molar-refractivity contribution >= 4 is 63.0 Å². The Morgan fingerprint density at radius 1 is 1.23 bits per heavy atom. The Kier molecular flexibility index (Phi) is 6.33. The number of rotatable bonds is 6. The molecule has 2 atom stereocenters. The van der Waals surface area contributed by atoms with E-state index < -0.39 is 10.3 Å². The highest BCUT2D eigenvalue weighted by Gasteiger charge is 2.43. The number of halogens is 2. The molecule has 4 rings (SSSR count). The van der Waals surface area contributed by atoms with Gasteiger partial charge >= 0.3 is 0 Å². The molecule has 0 bridgehead atoms. The third-order valence-corrected chi connectivity index (χ3v) is 7.22. The highest BCUT2D eigenvalue weighted by atomic mass is 35.5. The molecule has 3 aromatic rings. The van der Waals surface area contributed by atoms with Crippen molar-refractivity contribution in [1.29, 1.82) is 0 Å². The molecule has 0 N–H and O–H groups in total. The van der Waals surface area contributed by atoms with Gasteiger partial charge in [-0.25, -0.2) is 0 Å². The quantitative estimate of drug-likeness (QED) is 0.328. The predicted molar refractivity (Wildman–Crippen MR) is 121 cm³/mol. The average molecular weight is 497 g/mol. The number of nitrogens with zero attached hydrogens (tertiary/aromatic N) is 4. The Morgan fingerprint density at radius 2 is 2.00 bits per heavy atom. The van der Waals surface area contributed by atoms with Crippen LogP contribution in [0.1, 0.15) is 22.9 Å². The largest absolute Gasteiger partial charge is 0.485 e. The molecule has 1 aliphatic rings.